The van der Waals surface area contributed by atoms with Crippen molar-refractivity contribution in [2.75, 3.05) is 36.9 Å². The topological polar surface area (TPSA) is 70.2 Å². The second-order valence-electron chi connectivity index (χ2n) is 5.01. The molecule has 0 aliphatic carbocycles. The van der Waals surface area contributed by atoms with Crippen molar-refractivity contribution in [3.8, 4) is 0 Å². The highest BCUT2D eigenvalue weighted by Gasteiger charge is 2.15. The lowest BCUT2D eigenvalue weighted by atomic mass is 10.1. The zero-order valence-electron chi connectivity index (χ0n) is 13.6. The van der Waals surface area contributed by atoms with Crippen molar-refractivity contribution in [2.24, 2.45) is 0 Å². The molecular weight excluding hydrogens is 266 g/mol. The van der Waals surface area contributed by atoms with E-state index in [1.807, 2.05) is 18.9 Å². The van der Waals surface area contributed by atoms with E-state index in [2.05, 4.69) is 34.4 Å². The second-order valence-corrected chi connectivity index (χ2v) is 5.01. The first-order valence-corrected chi connectivity index (χ1v) is 7.69. The number of carbonyl (C=O) groups is 1. The quantitative estimate of drug-likeness (QED) is 0.727. The number of nitrogens with one attached hydrogen (secondary N) is 2. The van der Waals surface area contributed by atoms with Gasteiger partial charge in [-0.15, -0.1) is 0 Å². The van der Waals surface area contributed by atoms with Gasteiger partial charge >= 0.3 is 0 Å². The van der Waals surface area contributed by atoms with E-state index in [0.29, 0.717) is 13.1 Å². The molecule has 0 saturated heterocycles. The third-order valence-corrected chi connectivity index (χ3v) is 3.08. The van der Waals surface area contributed by atoms with Gasteiger partial charge in [-0.05, 0) is 19.8 Å². The monoisotopic (exact) mass is 293 g/mol. The van der Waals surface area contributed by atoms with Crippen molar-refractivity contribution < 1.29 is 4.79 Å². The molecule has 6 nitrogen and oxygen atoms in total. The van der Waals surface area contributed by atoms with Crippen LogP contribution in [0.2, 0.25) is 0 Å². The van der Waals surface area contributed by atoms with Gasteiger partial charge in [-0.2, -0.15) is 0 Å². The summed E-state index contributed by atoms with van der Waals surface area (Å²) in [5.41, 5.74) is 1.08. The molecule has 0 fully saturated rings. The van der Waals surface area contributed by atoms with Gasteiger partial charge in [0.2, 0.25) is 5.91 Å². The molecule has 1 amide bonds. The van der Waals surface area contributed by atoms with Crippen LogP contribution in [0.5, 0.6) is 0 Å². The lowest BCUT2D eigenvalue weighted by Gasteiger charge is -2.22. The Morgan fingerprint density at radius 2 is 2.00 bits per heavy atom. The van der Waals surface area contributed by atoms with Crippen LogP contribution in [0.15, 0.2) is 6.33 Å². The molecule has 0 bridgehead atoms. The van der Waals surface area contributed by atoms with Gasteiger partial charge in [0.25, 0.3) is 0 Å². The molecule has 0 spiro atoms. The Bertz CT molecular complexity index is 450. The molecule has 0 unspecified atom stereocenters. The van der Waals surface area contributed by atoms with Crippen LogP contribution < -0.4 is 15.5 Å². The molecule has 0 radical (unpaired) electrons. The highest BCUT2D eigenvalue weighted by atomic mass is 16.2. The molecule has 1 heterocycles. The van der Waals surface area contributed by atoms with E-state index < -0.39 is 0 Å². The standard InChI is InChI=1S/C15H27N5O/c1-5-8-12-14(17-9-6-2)18-11-19-15(12)20(4)10-13(21)16-7-3/h11H,5-10H2,1-4H3,(H,16,21)(H,17,18,19). The number of carbonyl (C=O) groups excluding carboxylic acids is 1. The average Bonchev–Trinajstić information content (AvgIpc) is 2.46. The number of aromatic nitrogens is 2. The fraction of sp³-hybridized carbons (Fsp3) is 0.667. The highest BCUT2D eigenvalue weighted by molar-refractivity contribution is 5.81. The van der Waals surface area contributed by atoms with E-state index in [4.69, 9.17) is 0 Å². The van der Waals surface area contributed by atoms with Crippen molar-refractivity contribution in [3.05, 3.63) is 11.9 Å². The van der Waals surface area contributed by atoms with Gasteiger partial charge in [-0.3, -0.25) is 4.79 Å². The van der Waals surface area contributed by atoms with Gasteiger partial charge in [-0.25, -0.2) is 9.97 Å². The first-order chi connectivity index (χ1) is 10.1. The summed E-state index contributed by atoms with van der Waals surface area (Å²) in [6.45, 7) is 7.99. The fourth-order valence-corrected chi connectivity index (χ4v) is 2.15. The number of likely N-dealkylation sites (N-methyl/N-ethyl adjacent to an activating group) is 2. The number of nitrogens with zero attached hydrogens (tertiary/aromatic N) is 3. The van der Waals surface area contributed by atoms with Gasteiger partial charge in [0, 0.05) is 25.7 Å². The lowest BCUT2D eigenvalue weighted by molar-refractivity contribution is -0.119. The maximum Gasteiger partial charge on any atom is 0.239 e. The van der Waals surface area contributed by atoms with Crippen molar-refractivity contribution in [1.82, 2.24) is 15.3 Å². The minimum atomic E-state index is 0.00382. The molecule has 0 aromatic carbocycles. The number of hydrogen-bond acceptors (Lipinski definition) is 5. The summed E-state index contributed by atoms with van der Waals surface area (Å²) >= 11 is 0. The molecule has 1 rings (SSSR count). The number of amides is 1. The fourth-order valence-electron chi connectivity index (χ4n) is 2.15. The maximum absolute atomic E-state index is 11.7. The molecule has 0 saturated carbocycles. The Labute approximate surface area is 127 Å². The van der Waals surface area contributed by atoms with Crippen molar-refractivity contribution in [3.63, 3.8) is 0 Å². The van der Waals surface area contributed by atoms with Crippen LogP contribution in [-0.4, -0.2) is 42.6 Å². The van der Waals surface area contributed by atoms with Gasteiger partial charge < -0.3 is 15.5 Å². The van der Waals surface area contributed by atoms with E-state index in [1.165, 1.54) is 0 Å². The Morgan fingerprint density at radius 1 is 1.24 bits per heavy atom. The van der Waals surface area contributed by atoms with E-state index in [-0.39, 0.29) is 5.91 Å². The summed E-state index contributed by atoms with van der Waals surface area (Å²) in [6.07, 6.45) is 4.50. The number of rotatable bonds is 9. The molecule has 118 valence electrons. The third kappa shape index (κ3) is 5.21. The summed E-state index contributed by atoms with van der Waals surface area (Å²) in [5, 5.41) is 6.15. The number of anilines is 2. The first kappa shape index (κ1) is 17.2. The summed E-state index contributed by atoms with van der Waals surface area (Å²) < 4.78 is 0. The predicted molar refractivity (Wildman–Crippen MR) is 86.8 cm³/mol. The Morgan fingerprint density at radius 3 is 2.62 bits per heavy atom. The minimum absolute atomic E-state index is 0.00382. The van der Waals surface area contributed by atoms with E-state index >= 15 is 0 Å². The van der Waals surface area contributed by atoms with E-state index in [9.17, 15) is 4.79 Å². The first-order valence-electron chi connectivity index (χ1n) is 7.69. The van der Waals surface area contributed by atoms with Crippen LogP contribution in [0.3, 0.4) is 0 Å². The average molecular weight is 293 g/mol. The lowest BCUT2D eigenvalue weighted by Crippen LogP contribution is -2.35. The summed E-state index contributed by atoms with van der Waals surface area (Å²) in [7, 11) is 1.89. The second kappa shape index (κ2) is 9.15. The third-order valence-electron chi connectivity index (χ3n) is 3.08. The van der Waals surface area contributed by atoms with Crippen LogP contribution in [0.4, 0.5) is 11.6 Å². The van der Waals surface area contributed by atoms with Gasteiger partial charge in [-0.1, -0.05) is 20.3 Å². The smallest absolute Gasteiger partial charge is 0.239 e. The highest BCUT2D eigenvalue weighted by Crippen LogP contribution is 2.24. The van der Waals surface area contributed by atoms with Gasteiger partial charge in [0.1, 0.15) is 18.0 Å². The summed E-state index contributed by atoms with van der Waals surface area (Å²) in [4.78, 5) is 22.3. The Hall–Kier alpha value is -1.85. The van der Waals surface area contributed by atoms with Crippen LogP contribution in [0.25, 0.3) is 0 Å². The summed E-state index contributed by atoms with van der Waals surface area (Å²) in [6, 6.07) is 0. The van der Waals surface area contributed by atoms with Crippen molar-refractivity contribution in [1.29, 1.82) is 0 Å². The normalized spacial score (nSPS) is 10.3. The molecule has 0 aliphatic heterocycles. The van der Waals surface area contributed by atoms with Gasteiger partial charge in [0.05, 0.1) is 6.54 Å². The van der Waals surface area contributed by atoms with E-state index in [0.717, 1.165) is 43.0 Å². The zero-order chi connectivity index (χ0) is 15.7. The van der Waals surface area contributed by atoms with Crippen LogP contribution in [0, 0.1) is 0 Å². The minimum Gasteiger partial charge on any atom is -0.370 e. The van der Waals surface area contributed by atoms with Crippen LogP contribution in [-0.2, 0) is 11.2 Å². The maximum atomic E-state index is 11.7. The van der Waals surface area contributed by atoms with Crippen molar-refractivity contribution >= 4 is 17.5 Å². The van der Waals surface area contributed by atoms with Crippen molar-refractivity contribution in [2.45, 2.75) is 40.0 Å². The summed E-state index contributed by atoms with van der Waals surface area (Å²) in [5.74, 6) is 1.72. The molecule has 6 heteroatoms. The molecular formula is C15H27N5O. The Kier molecular flexibility index (Phi) is 7.50. The van der Waals surface area contributed by atoms with E-state index in [1.54, 1.807) is 6.33 Å². The molecule has 1 aromatic heterocycles. The predicted octanol–water partition coefficient (Wildman–Crippen LogP) is 1.82. The Balaban J connectivity index is 2.95. The zero-order valence-corrected chi connectivity index (χ0v) is 13.6. The SMILES string of the molecule is CCCNc1ncnc(N(C)CC(=O)NCC)c1CCC. The largest absolute Gasteiger partial charge is 0.370 e. The van der Waals surface area contributed by atoms with Gasteiger partial charge in [0.15, 0.2) is 0 Å². The number of hydrogen-bond donors (Lipinski definition) is 2. The molecule has 2 N–H and O–H groups in total. The molecule has 0 aliphatic rings. The van der Waals surface area contributed by atoms with Crippen LogP contribution in [0.1, 0.15) is 39.2 Å². The van der Waals surface area contributed by atoms with Crippen LogP contribution >= 0.6 is 0 Å². The molecule has 21 heavy (non-hydrogen) atoms. The molecule has 0 atom stereocenters. The molecule has 1 aromatic rings.